The van der Waals surface area contributed by atoms with Gasteiger partial charge in [0.25, 0.3) is 0 Å². The van der Waals surface area contributed by atoms with Crippen molar-refractivity contribution < 1.29 is 9.59 Å². The molecule has 4 nitrogen and oxygen atoms in total. The second-order valence-electron chi connectivity index (χ2n) is 6.50. The summed E-state index contributed by atoms with van der Waals surface area (Å²) in [6.45, 7) is 4.76. The highest BCUT2D eigenvalue weighted by Crippen LogP contribution is 2.28. The van der Waals surface area contributed by atoms with E-state index in [1.165, 1.54) is 12.0 Å². The van der Waals surface area contributed by atoms with E-state index in [4.69, 9.17) is 0 Å². The van der Waals surface area contributed by atoms with Crippen LogP contribution in [-0.2, 0) is 16.0 Å². The molecule has 0 aromatic heterocycles. The van der Waals surface area contributed by atoms with Gasteiger partial charge in [-0.3, -0.25) is 9.59 Å². The van der Waals surface area contributed by atoms with E-state index >= 15 is 0 Å². The van der Waals surface area contributed by atoms with Crippen LogP contribution in [0.3, 0.4) is 0 Å². The molecule has 4 heteroatoms. The first-order chi connectivity index (χ1) is 10.6. The van der Waals surface area contributed by atoms with Crippen LogP contribution in [0.15, 0.2) is 24.3 Å². The molecule has 3 rings (SSSR count). The fourth-order valence-electron chi connectivity index (χ4n) is 3.20. The molecule has 0 bridgehead atoms. The Labute approximate surface area is 132 Å². The summed E-state index contributed by atoms with van der Waals surface area (Å²) in [6, 6.07) is 8.10. The summed E-state index contributed by atoms with van der Waals surface area (Å²) in [5.41, 5.74) is 2.25. The van der Waals surface area contributed by atoms with Gasteiger partial charge >= 0.3 is 0 Å². The molecule has 0 spiro atoms. The number of nitrogens with zero attached hydrogens (tertiary/aromatic N) is 2. The number of carbonyl (C=O) groups excluding carboxylic acids is 2. The van der Waals surface area contributed by atoms with Crippen molar-refractivity contribution in [3.05, 3.63) is 35.4 Å². The number of rotatable bonds is 3. The first-order valence-corrected chi connectivity index (χ1v) is 8.25. The van der Waals surface area contributed by atoms with Crippen molar-refractivity contribution in [2.24, 2.45) is 5.92 Å². The minimum absolute atomic E-state index is 0.168. The Kier molecular flexibility index (Phi) is 4.46. The lowest BCUT2D eigenvalue weighted by Gasteiger charge is -2.38. The lowest BCUT2D eigenvalue weighted by molar-refractivity contribution is -0.143. The third kappa shape index (κ3) is 3.32. The summed E-state index contributed by atoms with van der Waals surface area (Å²) >= 11 is 0. The molecule has 2 amide bonds. The second kappa shape index (κ2) is 6.51. The Hall–Kier alpha value is -1.84. The van der Waals surface area contributed by atoms with Gasteiger partial charge < -0.3 is 9.80 Å². The minimum atomic E-state index is 0.168. The molecule has 1 saturated carbocycles. The minimum Gasteiger partial charge on any atom is -0.339 e. The van der Waals surface area contributed by atoms with Crippen molar-refractivity contribution in [2.75, 3.05) is 26.2 Å². The lowest BCUT2D eigenvalue weighted by Crippen LogP contribution is -2.52. The smallest absolute Gasteiger partial charge is 0.227 e. The Morgan fingerprint density at radius 2 is 1.77 bits per heavy atom. The van der Waals surface area contributed by atoms with E-state index in [1.54, 1.807) is 0 Å². The molecule has 0 N–H and O–H groups in total. The summed E-state index contributed by atoms with van der Waals surface area (Å²) < 4.78 is 0. The zero-order valence-electron chi connectivity index (χ0n) is 13.3. The molecule has 1 aromatic rings. The molecule has 22 heavy (non-hydrogen) atoms. The van der Waals surface area contributed by atoms with Crippen LogP contribution in [0.5, 0.6) is 0 Å². The van der Waals surface area contributed by atoms with Crippen LogP contribution < -0.4 is 0 Å². The van der Waals surface area contributed by atoms with Gasteiger partial charge in [0.2, 0.25) is 11.8 Å². The normalized spacial score (nSPS) is 19.0. The Bertz CT molecular complexity index is 558. The van der Waals surface area contributed by atoms with Crippen molar-refractivity contribution in [1.29, 1.82) is 0 Å². The first kappa shape index (κ1) is 15.1. The third-order valence-electron chi connectivity index (χ3n) is 4.84. The van der Waals surface area contributed by atoms with E-state index < -0.39 is 0 Å². The number of hydrogen-bond acceptors (Lipinski definition) is 2. The molecule has 1 heterocycles. The molecule has 1 aromatic carbocycles. The lowest BCUT2D eigenvalue weighted by atomic mass is 9.84. The predicted octanol–water partition coefficient (Wildman–Crippen LogP) is 2.01. The maximum Gasteiger partial charge on any atom is 0.227 e. The van der Waals surface area contributed by atoms with Gasteiger partial charge in [0.15, 0.2) is 0 Å². The maximum absolute atomic E-state index is 12.4. The Morgan fingerprint density at radius 3 is 2.36 bits per heavy atom. The summed E-state index contributed by atoms with van der Waals surface area (Å²) in [6.07, 6.45) is 3.74. The van der Waals surface area contributed by atoms with Gasteiger partial charge in [0.05, 0.1) is 6.42 Å². The SMILES string of the molecule is Cc1cccc(CC(=O)N2CCN(C(=O)C3CCC3)CC2)c1. The van der Waals surface area contributed by atoms with Crippen LogP contribution in [0.1, 0.15) is 30.4 Å². The molecule has 0 unspecified atom stereocenters. The fraction of sp³-hybridized carbons (Fsp3) is 0.556. The number of amides is 2. The van der Waals surface area contributed by atoms with Gasteiger partial charge in [-0.25, -0.2) is 0 Å². The number of piperazine rings is 1. The van der Waals surface area contributed by atoms with E-state index in [1.807, 2.05) is 34.9 Å². The highest BCUT2D eigenvalue weighted by atomic mass is 16.2. The number of benzene rings is 1. The van der Waals surface area contributed by atoms with Crippen LogP contribution in [0, 0.1) is 12.8 Å². The molecule has 2 aliphatic rings. The van der Waals surface area contributed by atoms with Gasteiger partial charge in [-0.05, 0) is 25.3 Å². The van der Waals surface area contributed by atoms with Crippen molar-refractivity contribution in [1.82, 2.24) is 9.80 Å². The Morgan fingerprint density at radius 1 is 1.09 bits per heavy atom. The van der Waals surface area contributed by atoms with Crippen LogP contribution in [0.2, 0.25) is 0 Å². The number of carbonyl (C=O) groups is 2. The molecule has 118 valence electrons. The van der Waals surface area contributed by atoms with Gasteiger partial charge in [0, 0.05) is 32.1 Å². The average Bonchev–Trinajstić information content (AvgIpc) is 2.45. The summed E-state index contributed by atoms with van der Waals surface area (Å²) in [5, 5.41) is 0. The quantitative estimate of drug-likeness (QED) is 0.857. The molecule has 0 radical (unpaired) electrons. The molecule has 0 atom stereocenters. The van der Waals surface area contributed by atoms with Crippen LogP contribution in [0.25, 0.3) is 0 Å². The van der Waals surface area contributed by atoms with E-state index in [-0.39, 0.29) is 11.8 Å². The maximum atomic E-state index is 12.4. The first-order valence-electron chi connectivity index (χ1n) is 8.25. The zero-order chi connectivity index (χ0) is 15.5. The summed E-state index contributed by atoms with van der Waals surface area (Å²) in [4.78, 5) is 28.4. The highest BCUT2D eigenvalue weighted by molar-refractivity contribution is 5.81. The van der Waals surface area contributed by atoms with E-state index in [2.05, 4.69) is 6.07 Å². The monoisotopic (exact) mass is 300 g/mol. The van der Waals surface area contributed by atoms with Gasteiger partial charge in [-0.15, -0.1) is 0 Å². The van der Waals surface area contributed by atoms with E-state index in [9.17, 15) is 9.59 Å². The predicted molar refractivity (Wildman–Crippen MR) is 85.4 cm³/mol. The zero-order valence-corrected chi connectivity index (χ0v) is 13.3. The highest BCUT2D eigenvalue weighted by Gasteiger charge is 2.31. The Balaban J connectivity index is 1.50. The van der Waals surface area contributed by atoms with Gasteiger partial charge in [0.1, 0.15) is 0 Å². The van der Waals surface area contributed by atoms with Crippen molar-refractivity contribution in [2.45, 2.75) is 32.6 Å². The standard InChI is InChI=1S/C18H24N2O2/c1-14-4-2-5-15(12-14)13-17(21)19-8-10-20(11-9-19)18(22)16-6-3-7-16/h2,4-5,12,16H,3,6-11,13H2,1H3. The second-order valence-corrected chi connectivity index (χ2v) is 6.50. The van der Waals surface area contributed by atoms with Crippen LogP contribution in [-0.4, -0.2) is 47.8 Å². The summed E-state index contributed by atoms with van der Waals surface area (Å²) in [5.74, 6) is 0.730. The number of aryl methyl sites for hydroxylation is 1. The average molecular weight is 300 g/mol. The van der Waals surface area contributed by atoms with Crippen molar-refractivity contribution in [3.63, 3.8) is 0 Å². The van der Waals surface area contributed by atoms with Crippen molar-refractivity contribution >= 4 is 11.8 Å². The molecule has 1 saturated heterocycles. The fourth-order valence-corrected chi connectivity index (χ4v) is 3.20. The summed E-state index contributed by atoms with van der Waals surface area (Å²) in [7, 11) is 0. The van der Waals surface area contributed by atoms with Gasteiger partial charge in [-0.1, -0.05) is 36.2 Å². The molecule has 1 aliphatic heterocycles. The van der Waals surface area contributed by atoms with E-state index in [0.29, 0.717) is 38.5 Å². The van der Waals surface area contributed by atoms with Crippen LogP contribution in [0.4, 0.5) is 0 Å². The molecule has 2 fully saturated rings. The number of hydrogen-bond donors (Lipinski definition) is 0. The van der Waals surface area contributed by atoms with Crippen molar-refractivity contribution in [3.8, 4) is 0 Å². The molecular formula is C18H24N2O2. The largest absolute Gasteiger partial charge is 0.339 e. The topological polar surface area (TPSA) is 40.6 Å². The molecular weight excluding hydrogens is 276 g/mol. The van der Waals surface area contributed by atoms with Crippen LogP contribution >= 0.6 is 0 Å². The van der Waals surface area contributed by atoms with Gasteiger partial charge in [-0.2, -0.15) is 0 Å². The third-order valence-corrected chi connectivity index (χ3v) is 4.84. The van der Waals surface area contributed by atoms with E-state index in [0.717, 1.165) is 18.4 Å². The molecule has 1 aliphatic carbocycles.